The summed E-state index contributed by atoms with van der Waals surface area (Å²) in [5.74, 6) is -1.56. The number of hydrogen-bond acceptors (Lipinski definition) is 7. The quantitative estimate of drug-likeness (QED) is 0.0579. The van der Waals surface area contributed by atoms with E-state index in [1.165, 1.54) is 167 Å². The predicted octanol–water partition coefficient (Wildman–Crippen LogP) is 3.49. The van der Waals surface area contributed by atoms with Gasteiger partial charge in [0.05, 0.1) is 13.2 Å². The van der Waals surface area contributed by atoms with Gasteiger partial charge < -0.3 is 35.8 Å². The van der Waals surface area contributed by atoms with Crippen molar-refractivity contribution >= 4 is 11.9 Å². The van der Waals surface area contributed by atoms with E-state index in [1.807, 2.05) is 0 Å². The molecular formula is C39H80Na2O8. The van der Waals surface area contributed by atoms with Crippen LogP contribution in [0.2, 0.25) is 0 Å². The van der Waals surface area contributed by atoms with E-state index in [4.69, 9.17) is 20.4 Å². The zero-order valence-corrected chi connectivity index (χ0v) is 37.1. The van der Waals surface area contributed by atoms with Crippen LogP contribution in [-0.2, 0) is 9.59 Å². The van der Waals surface area contributed by atoms with Crippen molar-refractivity contribution < 1.29 is 99.7 Å². The third-order valence-corrected chi connectivity index (χ3v) is 8.40. The van der Waals surface area contributed by atoms with Gasteiger partial charge in [-0.1, -0.05) is 194 Å². The van der Waals surface area contributed by atoms with Crippen LogP contribution >= 0.6 is 0 Å². The number of carbonyl (C=O) groups excluding carboxylic acids is 1. The van der Waals surface area contributed by atoms with Crippen LogP contribution in [-0.4, -0.2) is 57.2 Å². The number of rotatable bonds is 34. The smallest absolute Gasteiger partial charge is 0.870 e. The monoisotopic (exact) mass is 723 g/mol. The maximum Gasteiger partial charge on any atom is 1.00 e. The average molecular weight is 723 g/mol. The number of carboxylic acids is 2. The summed E-state index contributed by atoms with van der Waals surface area (Å²) in [5.41, 5.74) is 0. The van der Waals surface area contributed by atoms with Crippen LogP contribution in [0.5, 0.6) is 0 Å². The summed E-state index contributed by atoms with van der Waals surface area (Å²) in [4.78, 5) is 20.6. The molecular weight excluding hydrogens is 642 g/mol. The van der Waals surface area contributed by atoms with Crippen LogP contribution < -0.4 is 64.2 Å². The van der Waals surface area contributed by atoms with Gasteiger partial charge in [-0.3, -0.25) is 4.79 Å². The van der Waals surface area contributed by atoms with Gasteiger partial charge in [-0.15, -0.1) is 0 Å². The number of hydrogen-bond donors (Lipinski definition) is 4. The maximum atomic E-state index is 10.3. The molecule has 8 nitrogen and oxygen atoms in total. The van der Waals surface area contributed by atoms with E-state index in [9.17, 15) is 14.7 Å². The van der Waals surface area contributed by atoms with Gasteiger partial charge in [0.25, 0.3) is 0 Å². The molecule has 10 heteroatoms. The van der Waals surface area contributed by atoms with E-state index in [0.717, 1.165) is 25.7 Å². The normalized spacial score (nSPS) is 10.1. The molecule has 5 N–H and O–H groups in total. The molecule has 286 valence electrons. The summed E-state index contributed by atoms with van der Waals surface area (Å²) >= 11 is 0. The number of aliphatic hydroxyl groups is 3. The van der Waals surface area contributed by atoms with Crippen molar-refractivity contribution in [2.45, 2.75) is 225 Å². The molecule has 0 aliphatic carbocycles. The van der Waals surface area contributed by atoms with Crippen LogP contribution in [0, 0.1) is 0 Å². The fourth-order valence-corrected chi connectivity index (χ4v) is 5.35. The van der Waals surface area contributed by atoms with Gasteiger partial charge in [0.15, 0.2) is 0 Å². The van der Waals surface area contributed by atoms with Gasteiger partial charge in [0.1, 0.15) is 6.10 Å². The van der Waals surface area contributed by atoms with Gasteiger partial charge in [0, 0.05) is 12.4 Å². The second kappa shape index (κ2) is 58.1. The topological polar surface area (TPSA) is 168 Å². The van der Waals surface area contributed by atoms with E-state index in [0.29, 0.717) is 6.42 Å². The minimum absolute atomic E-state index is 0. The van der Waals surface area contributed by atoms with Gasteiger partial charge in [-0.25, -0.2) is 0 Å². The Bertz CT molecular complexity index is 537. The molecule has 0 unspecified atom stereocenters. The van der Waals surface area contributed by atoms with Gasteiger partial charge >= 0.3 is 65.1 Å². The summed E-state index contributed by atoms with van der Waals surface area (Å²) < 4.78 is 0. The van der Waals surface area contributed by atoms with E-state index in [1.54, 1.807) is 0 Å². The maximum absolute atomic E-state index is 10.3. The first-order valence-corrected chi connectivity index (χ1v) is 19.7. The Morgan fingerprint density at radius 3 is 0.816 bits per heavy atom. The van der Waals surface area contributed by atoms with Crippen molar-refractivity contribution in [2.24, 2.45) is 0 Å². The van der Waals surface area contributed by atoms with Crippen molar-refractivity contribution in [1.82, 2.24) is 0 Å². The van der Waals surface area contributed by atoms with Crippen molar-refractivity contribution in [3.8, 4) is 0 Å². The summed E-state index contributed by atoms with van der Waals surface area (Å²) in [6, 6.07) is 0. The van der Waals surface area contributed by atoms with Crippen molar-refractivity contribution in [3.63, 3.8) is 0 Å². The standard InChI is InChI=1S/2C18H36O2.C3H8O3.2Na.H2O/c2*1-2-3-4-5-6-7-8-9-10-11-12-13-14-15-16-17-18(19)20;4-1-3(6)2-5;;;/h2*2-17H2,1H3,(H,19,20);3-6H,1-2H2;;;1H2/q;;;2*+1;/p-2. The SMILES string of the molecule is CCCCCCCCCCCCCCCCCC(=O)O.CCCCCCCCCCCCCCCCCC(=O)[O-].OCC(O)CO.[Na+].[Na+].[OH-]. The van der Waals surface area contributed by atoms with Gasteiger partial charge in [0.2, 0.25) is 0 Å². The second-order valence-electron chi connectivity index (χ2n) is 13.2. The van der Waals surface area contributed by atoms with Gasteiger partial charge in [-0.2, -0.15) is 0 Å². The zero-order chi connectivity index (χ0) is 34.8. The predicted molar refractivity (Wildman–Crippen MR) is 194 cm³/mol. The Labute approximate surface area is 347 Å². The molecule has 0 amide bonds. The van der Waals surface area contributed by atoms with Crippen LogP contribution in [0.1, 0.15) is 219 Å². The second-order valence-corrected chi connectivity index (χ2v) is 13.2. The first-order valence-electron chi connectivity index (χ1n) is 19.7. The number of unbranched alkanes of at least 4 members (excludes halogenated alkanes) is 28. The van der Waals surface area contributed by atoms with E-state index in [-0.39, 0.29) is 84.2 Å². The summed E-state index contributed by atoms with van der Waals surface area (Å²) in [5, 5.41) is 42.8. The minimum Gasteiger partial charge on any atom is -0.870 e. The Balaban J connectivity index is -0.000000153. The van der Waals surface area contributed by atoms with Crippen molar-refractivity contribution in [3.05, 3.63) is 0 Å². The first kappa shape index (κ1) is 61.8. The van der Waals surface area contributed by atoms with Crippen LogP contribution in [0.3, 0.4) is 0 Å². The van der Waals surface area contributed by atoms with Gasteiger partial charge in [-0.05, 0) is 19.3 Å². The van der Waals surface area contributed by atoms with Crippen LogP contribution in [0.25, 0.3) is 0 Å². The fraction of sp³-hybridized carbons (Fsp3) is 0.949. The molecule has 49 heavy (non-hydrogen) atoms. The van der Waals surface area contributed by atoms with E-state index < -0.39 is 18.0 Å². The Morgan fingerprint density at radius 1 is 0.449 bits per heavy atom. The van der Waals surface area contributed by atoms with Crippen molar-refractivity contribution in [1.29, 1.82) is 0 Å². The molecule has 0 bridgehead atoms. The first-order chi connectivity index (χ1) is 22.3. The molecule has 0 spiro atoms. The van der Waals surface area contributed by atoms with Crippen molar-refractivity contribution in [2.75, 3.05) is 13.2 Å². The third kappa shape index (κ3) is 71.0. The van der Waals surface area contributed by atoms with E-state index >= 15 is 0 Å². The zero-order valence-electron chi connectivity index (χ0n) is 33.1. The summed E-state index contributed by atoms with van der Waals surface area (Å²) in [6.45, 7) is 3.81. The number of carboxylic acid groups (broad SMARTS) is 2. The number of aliphatic carboxylic acids is 2. The molecule has 0 heterocycles. The minimum atomic E-state index is -0.954. The Morgan fingerprint density at radius 2 is 0.653 bits per heavy atom. The molecule has 0 aliphatic rings. The largest absolute Gasteiger partial charge is 1.00 e. The van der Waals surface area contributed by atoms with Crippen LogP contribution in [0.15, 0.2) is 0 Å². The number of carbonyl (C=O) groups is 2. The number of aliphatic hydroxyl groups excluding tert-OH is 3. The Kier molecular flexibility index (Phi) is 73.3. The van der Waals surface area contributed by atoms with Crippen LogP contribution in [0.4, 0.5) is 0 Å². The van der Waals surface area contributed by atoms with E-state index in [2.05, 4.69) is 13.8 Å². The molecule has 0 aromatic rings. The molecule has 0 radical (unpaired) electrons. The molecule has 0 rings (SSSR count). The molecule has 0 aliphatic heterocycles. The average Bonchev–Trinajstić information content (AvgIpc) is 3.04. The molecule has 0 aromatic heterocycles. The molecule has 0 saturated carbocycles. The fourth-order valence-electron chi connectivity index (χ4n) is 5.35. The molecule has 0 saturated heterocycles. The summed E-state index contributed by atoms with van der Waals surface area (Å²) in [7, 11) is 0. The molecule has 0 aromatic carbocycles. The molecule has 0 fully saturated rings. The third-order valence-electron chi connectivity index (χ3n) is 8.40. The molecule has 0 atom stereocenters. The Hall–Kier alpha value is 0.780. The summed E-state index contributed by atoms with van der Waals surface area (Å²) in [6.07, 6.45) is 39.1.